The maximum atomic E-state index is 12.1. The average molecular weight is 349 g/mol. The molecule has 1 atom stereocenters. The molecule has 2 rings (SSSR count). The predicted molar refractivity (Wildman–Crippen MR) is 95.0 cm³/mol. The average Bonchev–Trinajstić information content (AvgIpc) is 2.95. The Morgan fingerprint density at radius 2 is 2.12 bits per heavy atom. The fraction of sp³-hybridized carbons (Fsp3) is 0.471. The van der Waals surface area contributed by atoms with Crippen LogP contribution in [0.4, 0.5) is 0 Å². The molecule has 6 nitrogen and oxygen atoms in total. The number of methoxy groups -OCH3 is 1. The first-order chi connectivity index (χ1) is 11.4. The molecule has 0 spiro atoms. The van der Waals surface area contributed by atoms with Gasteiger partial charge in [-0.15, -0.1) is 0 Å². The van der Waals surface area contributed by atoms with Gasteiger partial charge in [0.1, 0.15) is 6.04 Å². The van der Waals surface area contributed by atoms with Gasteiger partial charge in [0.15, 0.2) is 5.16 Å². The fourth-order valence-electron chi connectivity index (χ4n) is 2.42. The number of benzene rings is 1. The molecule has 130 valence electrons. The zero-order valence-electron chi connectivity index (χ0n) is 14.4. The molecule has 0 aliphatic heterocycles. The van der Waals surface area contributed by atoms with E-state index < -0.39 is 12.0 Å². The van der Waals surface area contributed by atoms with Crippen LogP contribution in [0, 0.1) is 12.8 Å². The minimum Gasteiger partial charge on any atom is -0.467 e. The summed E-state index contributed by atoms with van der Waals surface area (Å²) in [6, 6.07) is 5.30. The Morgan fingerprint density at radius 1 is 1.38 bits per heavy atom. The lowest BCUT2D eigenvalue weighted by atomic mass is 10.0. The predicted octanol–water partition coefficient (Wildman–Crippen LogP) is 2.67. The summed E-state index contributed by atoms with van der Waals surface area (Å²) in [5.74, 6) is -0.167. The molecule has 0 fully saturated rings. The van der Waals surface area contributed by atoms with Crippen molar-refractivity contribution in [2.45, 2.75) is 38.4 Å². The summed E-state index contributed by atoms with van der Waals surface area (Å²) >= 11 is 1.31. The lowest BCUT2D eigenvalue weighted by Gasteiger charge is -2.18. The molecule has 24 heavy (non-hydrogen) atoms. The van der Waals surface area contributed by atoms with E-state index in [1.807, 2.05) is 39.0 Å². The zero-order valence-corrected chi connectivity index (χ0v) is 15.2. The molecule has 0 bridgehead atoms. The van der Waals surface area contributed by atoms with Crippen molar-refractivity contribution in [1.29, 1.82) is 0 Å². The molecule has 0 aliphatic carbocycles. The number of amides is 1. The Hall–Kier alpha value is -2.02. The first-order valence-electron chi connectivity index (χ1n) is 7.86. The summed E-state index contributed by atoms with van der Waals surface area (Å²) in [6.07, 6.45) is 0.549. The molecule has 0 unspecified atom stereocenters. The number of imidazole rings is 1. The van der Waals surface area contributed by atoms with Crippen LogP contribution in [0.5, 0.6) is 0 Å². The van der Waals surface area contributed by atoms with Gasteiger partial charge in [0.2, 0.25) is 5.91 Å². The van der Waals surface area contributed by atoms with Crippen LogP contribution < -0.4 is 5.32 Å². The van der Waals surface area contributed by atoms with E-state index >= 15 is 0 Å². The number of aryl methyl sites for hydroxylation is 1. The molecule has 1 aromatic carbocycles. The van der Waals surface area contributed by atoms with Crippen molar-refractivity contribution in [3.05, 3.63) is 23.8 Å². The Labute approximate surface area is 145 Å². The SMILES string of the molecule is COC(=O)[C@H](CC(C)C)NC(=O)CSc1nc2c(C)cccc2[nH]1. The normalized spacial score (nSPS) is 12.4. The Balaban J connectivity index is 1.95. The first kappa shape index (κ1) is 18.3. The molecule has 0 radical (unpaired) electrons. The third-order valence-corrected chi connectivity index (χ3v) is 4.43. The van der Waals surface area contributed by atoms with Crippen LogP contribution >= 0.6 is 11.8 Å². The molecule has 1 amide bonds. The van der Waals surface area contributed by atoms with E-state index in [1.54, 1.807) is 0 Å². The van der Waals surface area contributed by atoms with E-state index in [9.17, 15) is 9.59 Å². The Bertz CT molecular complexity index is 727. The molecule has 2 aromatic rings. The number of nitrogens with zero attached hydrogens (tertiary/aromatic N) is 1. The second-order valence-electron chi connectivity index (χ2n) is 6.07. The number of rotatable bonds is 7. The minimum absolute atomic E-state index is 0.185. The number of para-hydroxylation sites is 1. The van der Waals surface area contributed by atoms with Gasteiger partial charge in [0.25, 0.3) is 0 Å². The summed E-state index contributed by atoms with van der Waals surface area (Å²) in [5, 5.41) is 3.43. The van der Waals surface area contributed by atoms with Crippen molar-refractivity contribution in [3.63, 3.8) is 0 Å². The van der Waals surface area contributed by atoms with Crippen molar-refractivity contribution in [1.82, 2.24) is 15.3 Å². The summed E-state index contributed by atoms with van der Waals surface area (Å²) in [4.78, 5) is 31.6. The standard InChI is InChI=1S/C17H23N3O3S/c1-10(2)8-13(16(22)23-4)18-14(21)9-24-17-19-12-7-5-6-11(3)15(12)20-17/h5-7,10,13H,8-9H2,1-4H3,(H,18,21)(H,19,20)/t13-/m0/s1. The number of hydrogen-bond acceptors (Lipinski definition) is 5. The van der Waals surface area contributed by atoms with Gasteiger partial charge >= 0.3 is 5.97 Å². The van der Waals surface area contributed by atoms with E-state index in [-0.39, 0.29) is 17.6 Å². The van der Waals surface area contributed by atoms with Crippen molar-refractivity contribution in [3.8, 4) is 0 Å². The van der Waals surface area contributed by atoms with Crippen molar-refractivity contribution >= 4 is 34.7 Å². The zero-order chi connectivity index (χ0) is 17.7. The van der Waals surface area contributed by atoms with Crippen LogP contribution in [-0.2, 0) is 14.3 Å². The molecule has 7 heteroatoms. The van der Waals surface area contributed by atoms with Crippen molar-refractivity contribution in [2.24, 2.45) is 5.92 Å². The number of aromatic amines is 1. The van der Waals surface area contributed by atoms with E-state index in [0.29, 0.717) is 11.6 Å². The largest absolute Gasteiger partial charge is 0.467 e. The highest BCUT2D eigenvalue weighted by Gasteiger charge is 2.22. The number of thioether (sulfide) groups is 1. The second kappa shape index (κ2) is 8.19. The van der Waals surface area contributed by atoms with Crippen LogP contribution in [0.3, 0.4) is 0 Å². The molecular weight excluding hydrogens is 326 g/mol. The number of fused-ring (bicyclic) bond motifs is 1. The second-order valence-corrected chi connectivity index (χ2v) is 7.04. The Morgan fingerprint density at radius 3 is 2.75 bits per heavy atom. The van der Waals surface area contributed by atoms with Crippen LogP contribution in [0.25, 0.3) is 11.0 Å². The number of aromatic nitrogens is 2. The fourth-order valence-corrected chi connectivity index (χ4v) is 3.11. The topological polar surface area (TPSA) is 84.1 Å². The lowest BCUT2D eigenvalue weighted by Crippen LogP contribution is -2.43. The molecule has 0 saturated carbocycles. The third kappa shape index (κ3) is 4.74. The van der Waals surface area contributed by atoms with Gasteiger partial charge in [-0.2, -0.15) is 0 Å². The van der Waals surface area contributed by atoms with E-state index in [1.165, 1.54) is 18.9 Å². The van der Waals surface area contributed by atoms with Gasteiger partial charge in [0, 0.05) is 0 Å². The number of carbonyl (C=O) groups is 2. The van der Waals surface area contributed by atoms with Crippen molar-refractivity contribution in [2.75, 3.05) is 12.9 Å². The van der Waals surface area contributed by atoms with Gasteiger partial charge in [-0.25, -0.2) is 9.78 Å². The van der Waals surface area contributed by atoms with Gasteiger partial charge in [0.05, 0.1) is 23.9 Å². The number of carbonyl (C=O) groups excluding carboxylic acids is 2. The quantitative estimate of drug-likeness (QED) is 0.593. The summed E-state index contributed by atoms with van der Waals surface area (Å²) < 4.78 is 4.75. The molecule has 0 aliphatic rings. The molecule has 1 heterocycles. The van der Waals surface area contributed by atoms with Crippen LogP contribution in [0.2, 0.25) is 0 Å². The molecule has 1 aromatic heterocycles. The molecular formula is C17H23N3O3S. The van der Waals surface area contributed by atoms with E-state index in [4.69, 9.17) is 4.74 Å². The highest BCUT2D eigenvalue weighted by Crippen LogP contribution is 2.21. The number of H-pyrrole nitrogens is 1. The maximum absolute atomic E-state index is 12.1. The van der Waals surface area contributed by atoms with E-state index in [2.05, 4.69) is 15.3 Å². The highest BCUT2D eigenvalue weighted by atomic mass is 32.2. The van der Waals surface area contributed by atoms with Crippen molar-refractivity contribution < 1.29 is 14.3 Å². The summed E-state index contributed by atoms with van der Waals surface area (Å²) in [7, 11) is 1.33. The monoisotopic (exact) mass is 349 g/mol. The Kier molecular flexibility index (Phi) is 6.25. The van der Waals surface area contributed by atoms with Crippen LogP contribution in [0.15, 0.2) is 23.4 Å². The van der Waals surface area contributed by atoms with Gasteiger partial charge in [-0.05, 0) is 30.9 Å². The smallest absolute Gasteiger partial charge is 0.328 e. The maximum Gasteiger partial charge on any atom is 0.328 e. The molecule has 0 saturated heterocycles. The summed E-state index contributed by atoms with van der Waals surface area (Å²) in [5.41, 5.74) is 2.94. The summed E-state index contributed by atoms with van der Waals surface area (Å²) in [6.45, 7) is 5.98. The minimum atomic E-state index is -0.610. The third-order valence-electron chi connectivity index (χ3n) is 3.56. The number of hydrogen-bond donors (Lipinski definition) is 2. The van der Waals surface area contributed by atoms with Gasteiger partial charge in [-0.1, -0.05) is 37.7 Å². The highest BCUT2D eigenvalue weighted by molar-refractivity contribution is 7.99. The number of esters is 1. The first-order valence-corrected chi connectivity index (χ1v) is 8.84. The van der Waals surface area contributed by atoms with Gasteiger partial charge < -0.3 is 15.0 Å². The number of nitrogens with one attached hydrogen (secondary N) is 2. The van der Waals surface area contributed by atoms with Crippen LogP contribution in [-0.4, -0.2) is 40.7 Å². The number of ether oxygens (including phenoxy) is 1. The van der Waals surface area contributed by atoms with E-state index in [0.717, 1.165) is 16.6 Å². The van der Waals surface area contributed by atoms with Gasteiger partial charge in [-0.3, -0.25) is 4.79 Å². The van der Waals surface area contributed by atoms with Crippen LogP contribution in [0.1, 0.15) is 25.8 Å². The lowest BCUT2D eigenvalue weighted by molar-refractivity contribution is -0.145. The molecule has 2 N–H and O–H groups in total.